The minimum atomic E-state index is -1.13. The molecule has 9 heteroatoms. The number of Topliss-reactive ketones (excluding diaryl/α,β-unsaturated/α-hetero) is 1. The van der Waals surface area contributed by atoms with Crippen molar-refractivity contribution < 1.29 is 24.5 Å². The van der Waals surface area contributed by atoms with Crippen LogP contribution in [0.25, 0.3) is 6.08 Å². The molecule has 1 aromatic heterocycles. The quantitative estimate of drug-likeness (QED) is 0.487. The van der Waals surface area contributed by atoms with E-state index >= 15 is 0 Å². The fourth-order valence-electron chi connectivity index (χ4n) is 5.06. The Morgan fingerprint density at radius 2 is 2.06 bits per heavy atom. The summed E-state index contributed by atoms with van der Waals surface area (Å²) < 4.78 is 5.91. The molecule has 200 valence electrons. The molecule has 1 saturated carbocycles. The number of hydrogen-bond acceptors (Lipinski definition) is 7. The summed E-state index contributed by atoms with van der Waals surface area (Å²) in [5, 5.41) is 28.3. The lowest BCUT2D eigenvalue weighted by Crippen LogP contribution is -2.54. The molecule has 1 aliphatic carbocycles. The molecule has 5 atom stereocenters. The third-order valence-corrected chi connectivity index (χ3v) is 8.76. The number of amides is 1. The van der Waals surface area contributed by atoms with Gasteiger partial charge in [0.2, 0.25) is 5.91 Å². The van der Waals surface area contributed by atoms with E-state index in [0.717, 1.165) is 22.7 Å². The van der Waals surface area contributed by atoms with Crippen LogP contribution in [0, 0.1) is 18.3 Å². The SMILES string of the molecule is CC[C@@H]1C(=O)C2(CCC2)[C@H](O)CC(=O)N[C@H](/C(Cl)=C/c2csc(C)n2)C/C=C(/C)CCO[C@H](C)[C@H]1O. The first-order valence-electron chi connectivity index (χ1n) is 12.8. The number of carbonyl (C=O) groups excluding carboxylic acids is 2. The van der Waals surface area contributed by atoms with Crippen molar-refractivity contribution in [2.45, 2.75) is 97.0 Å². The molecule has 1 aromatic rings. The average Bonchev–Trinajstić information content (AvgIpc) is 3.19. The van der Waals surface area contributed by atoms with Crippen molar-refractivity contribution in [3.8, 4) is 0 Å². The second-order valence-electron chi connectivity index (χ2n) is 10.2. The number of nitrogens with zero attached hydrogens (tertiary/aromatic N) is 1. The Morgan fingerprint density at radius 1 is 1.33 bits per heavy atom. The van der Waals surface area contributed by atoms with Gasteiger partial charge in [-0.05, 0) is 59.0 Å². The summed E-state index contributed by atoms with van der Waals surface area (Å²) in [5.74, 6) is -1.19. The number of aliphatic hydroxyl groups is 2. The third-order valence-electron chi connectivity index (χ3n) is 7.59. The highest BCUT2D eigenvalue weighted by Crippen LogP contribution is 2.48. The van der Waals surface area contributed by atoms with Gasteiger partial charge in [0.15, 0.2) is 0 Å². The van der Waals surface area contributed by atoms with Crippen LogP contribution < -0.4 is 5.32 Å². The number of aliphatic hydroxyl groups excluding tert-OH is 2. The molecular formula is C27H39ClN2O5S. The molecule has 0 bridgehead atoms. The van der Waals surface area contributed by atoms with Crippen molar-refractivity contribution in [2.24, 2.45) is 11.3 Å². The summed E-state index contributed by atoms with van der Waals surface area (Å²) >= 11 is 8.18. The van der Waals surface area contributed by atoms with Gasteiger partial charge in [0.05, 0.1) is 53.5 Å². The van der Waals surface area contributed by atoms with Crippen LogP contribution in [0.2, 0.25) is 0 Å². The number of nitrogens with one attached hydrogen (secondary N) is 1. The van der Waals surface area contributed by atoms with E-state index in [4.69, 9.17) is 16.3 Å². The Balaban J connectivity index is 1.89. The maximum absolute atomic E-state index is 13.6. The molecule has 3 N–H and O–H groups in total. The van der Waals surface area contributed by atoms with E-state index in [2.05, 4.69) is 10.3 Å². The van der Waals surface area contributed by atoms with Crippen molar-refractivity contribution in [2.75, 3.05) is 6.61 Å². The first-order chi connectivity index (χ1) is 17.1. The number of ether oxygens (including phenoxy) is 1. The lowest BCUT2D eigenvalue weighted by molar-refractivity contribution is -0.158. The molecule has 1 spiro atoms. The number of rotatable bonds is 3. The van der Waals surface area contributed by atoms with Crippen LogP contribution in [-0.2, 0) is 14.3 Å². The van der Waals surface area contributed by atoms with Crippen LogP contribution in [-0.4, -0.2) is 57.8 Å². The van der Waals surface area contributed by atoms with Crippen molar-refractivity contribution in [1.82, 2.24) is 10.3 Å². The molecule has 2 aliphatic rings. The first kappa shape index (κ1) is 29.0. The fourth-order valence-corrected chi connectivity index (χ4v) is 5.88. The van der Waals surface area contributed by atoms with Gasteiger partial charge in [-0.15, -0.1) is 11.3 Å². The first-order valence-corrected chi connectivity index (χ1v) is 14.1. The van der Waals surface area contributed by atoms with E-state index < -0.39 is 35.7 Å². The van der Waals surface area contributed by atoms with E-state index in [1.54, 1.807) is 13.0 Å². The molecular weight excluding hydrogens is 500 g/mol. The van der Waals surface area contributed by atoms with Crippen molar-refractivity contribution >= 4 is 40.7 Å². The Kier molecular flexibility index (Phi) is 10.3. The molecule has 0 unspecified atom stereocenters. The van der Waals surface area contributed by atoms with Crippen LogP contribution in [0.3, 0.4) is 0 Å². The predicted molar refractivity (Wildman–Crippen MR) is 143 cm³/mol. The second-order valence-corrected chi connectivity index (χ2v) is 11.7. The van der Waals surface area contributed by atoms with Crippen molar-refractivity contribution in [1.29, 1.82) is 0 Å². The van der Waals surface area contributed by atoms with Gasteiger partial charge in [-0.25, -0.2) is 4.98 Å². The second kappa shape index (κ2) is 12.8. The van der Waals surface area contributed by atoms with Gasteiger partial charge in [0.1, 0.15) is 5.78 Å². The summed E-state index contributed by atoms with van der Waals surface area (Å²) in [7, 11) is 0. The Bertz CT molecular complexity index is 987. The van der Waals surface area contributed by atoms with Crippen LogP contribution in [0.4, 0.5) is 0 Å². The number of ketones is 1. The van der Waals surface area contributed by atoms with Crippen LogP contribution in [0.5, 0.6) is 0 Å². The van der Waals surface area contributed by atoms with Gasteiger partial charge < -0.3 is 20.3 Å². The highest BCUT2D eigenvalue weighted by Gasteiger charge is 2.53. The number of halogens is 1. The molecule has 1 amide bonds. The molecule has 1 aliphatic heterocycles. The standard InChI is InChI=1S/C27H39ClN2O5S/c1-5-20-25(33)17(3)35-12-9-16(2)7-8-22(21(28)13-19-15-36-18(4)29-19)30-24(32)14-23(31)27(26(20)34)10-6-11-27/h7,13,15,17,20,22-23,25,31,33H,5-6,8-12,14H2,1-4H3,(H,30,32)/b16-7-,21-13-/t17-,20+,22+,23-,25-/m1/s1. The van der Waals surface area contributed by atoms with E-state index in [0.29, 0.717) is 43.7 Å². The lowest BCUT2D eigenvalue weighted by atomic mass is 9.58. The fraction of sp³-hybridized carbons (Fsp3) is 0.667. The molecule has 3 rings (SSSR count). The molecule has 0 aromatic carbocycles. The van der Waals surface area contributed by atoms with Crippen LogP contribution in [0.15, 0.2) is 22.1 Å². The topological polar surface area (TPSA) is 109 Å². The zero-order valence-electron chi connectivity index (χ0n) is 21.6. The van der Waals surface area contributed by atoms with E-state index in [1.807, 2.05) is 32.2 Å². The van der Waals surface area contributed by atoms with Gasteiger partial charge in [0.25, 0.3) is 0 Å². The van der Waals surface area contributed by atoms with Gasteiger partial charge in [-0.3, -0.25) is 9.59 Å². The normalized spacial score (nSPS) is 32.5. The Hall–Kier alpha value is -1.58. The van der Waals surface area contributed by atoms with Gasteiger partial charge in [-0.2, -0.15) is 0 Å². The predicted octanol–water partition coefficient (Wildman–Crippen LogP) is 4.54. The number of aromatic nitrogens is 1. The van der Waals surface area contributed by atoms with Crippen LogP contribution in [0.1, 0.15) is 76.4 Å². The van der Waals surface area contributed by atoms with E-state index in [-0.39, 0.29) is 18.1 Å². The number of hydrogen-bond donors (Lipinski definition) is 3. The molecule has 1 fully saturated rings. The monoisotopic (exact) mass is 538 g/mol. The molecule has 2 heterocycles. The van der Waals surface area contributed by atoms with Crippen LogP contribution >= 0.6 is 22.9 Å². The zero-order chi connectivity index (χ0) is 26.5. The summed E-state index contributed by atoms with van der Waals surface area (Å²) in [5.41, 5.74) is 0.781. The molecule has 0 saturated heterocycles. The van der Waals surface area contributed by atoms with E-state index in [9.17, 15) is 19.8 Å². The molecule has 36 heavy (non-hydrogen) atoms. The number of thiazole rings is 1. The minimum absolute atomic E-state index is 0.170. The summed E-state index contributed by atoms with van der Waals surface area (Å²) in [4.78, 5) is 31.1. The van der Waals surface area contributed by atoms with Gasteiger partial charge in [0, 0.05) is 16.3 Å². The smallest absolute Gasteiger partial charge is 0.223 e. The Labute approximate surface area is 223 Å². The molecule has 7 nitrogen and oxygen atoms in total. The number of aryl methyl sites for hydroxylation is 1. The number of carbonyl (C=O) groups is 2. The zero-order valence-corrected chi connectivity index (χ0v) is 23.2. The lowest BCUT2D eigenvalue weighted by Gasteiger charge is -2.46. The summed E-state index contributed by atoms with van der Waals surface area (Å²) in [6.45, 7) is 7.94. The third kappa shape index (κ3) is 6.84. The largest absolute Gasteiger partial charge is 0.392 e. The molecule has 0 radical (unpaired) electrons. The summed E-state index contributed by atoms with van der Waals surface area (Å²) in [6.07, 6.45) is 4.31. The average molecular weight is 539 g/mol. The minimum Gasteiger partial charge on any atom is -0.392 e. The van der Waals surface area contributed by atoms with Gasteiger partial charge in [-0.1, -0.05) is 36.6 Å². The highest BCUT2D eigenvalue weighted by atomic mass is 35.5. The summed E-state index contributed by atoms with van der Waals surface area (Å²) in [6, 6.07) is -0.491. The van der Waals surface area contributed by atoms with Gasteiger partial charge >= 0.3 is 0 Å². The highest BCUT2D eigenvalue weighted by molar-refractivity contribution is 7.09. The van der Waals surface area contributed by atoms with Crippen molar-refractivity contribution in [3.05, 3.63) is 32.8 Å². The Morgan fingerprint density at radius 3 is 2.64 bits per heavy atom. The van der Waals surface area contributed by atoms with Crippen molar-refractivity contribution in [3.63, 3.8) is 0 Å². The van der Waals surface area contributed by atoms with E-state index in [1.165, 1.54) is 11.3 Å². The maximum Gasteiger partial charge on any atom is 0.223 e. The maximum atomic E-state index is 13.6.